The van der Waals surface area contributed by atoms with E-state index in [4.69, 9.17) is 11.6 Å². The standard InChI is InChI=1S/C35H29ClF9N3O4/c36-24-11-13-29(46-19-24)33(23-15-25(37)17-26(16-23)52-35(44,45)32(39)40,47-31(50)22-10-12-28(38)27(14-22)34(41,42)43)18-21-8-6-20(7-9-21)4-2-1-3-5-30(49)48-51/h6-14,16-17,19,25,32H,1-5,15,18H2,(H,47,50)/t25?,33-/m0/s1. The predicted molar refractivity (Wildman–Crippen MR) is 171 cm³/mol. The molecule has 1 aliphatic rings. The zero-order chi connectivity index (χ0) is 38.3. The van der Waals surface area contributed by atoms with E-state index < -0.39 is 71.4 Å². The molecular weight excluding hydrogens is 733 g/mol. The maximum Gasteiger partial charge on any atom is 0.461 e. The second kappa shape index (κ2) is 16.7. The van der Waals surface area contributed by atoms with E-state index in [-0.39, 0.29) is 35.2 Å². The molecule has 52 heavy (non-hydrogen) atoms. The van der Waals surface area contributed by atoms with E-state index >= 15 is 4.39 Å². The van der Waals surface area contributed by atoms with Gasteiger partial charge >= 0.3 is 18.7 Å². The average Bonchev–Trinajstić information content (AvgIpc) is 3.07. The molecule has 2 aromatic carbocycles. The summed E-state index contributed by atoms with van der Waals surface area (Å²) < 4.78 is 128. The van der Waals surface area contributed by atoms with E-state index in [1.165, 1.54) is 12.1 Å². The molecule has 0 spiro atoms. The summed E-state index contributed by atoms with van der Waals surface area (Å²) in [5.41, 5.74) is -3.64. The van der Waals surface area contributed by atoms with Crippen LogP contribution in [0.2, 0.25) is 5.02 Å². The van der Waals surface area contributed by atoms with Gasteiger partial charge in [0.15, 0.2) is 0 Å². The molecule has 0 saturated carbocycles. The number of unbranched alkanes of at least 4 members (excludes halogenated alkanes) is 2. The summed E-state index contributed by atoms with van der Waals surface area (Å²) in [6.07, 6.45) is -12.9. The number of aryl methyl sites for hydroxylation is 1. The first-order valence-electron chi connectivity index (χ1n) is 15.6. The first kappa shape index (κ1) is 40.0. The monoisotopic (exact) mass is 761 g/mol. The highest BCUT2D eigenvalue weighted by atomic mass is 35.5. The van der Waals surface area contributed by atoms with Crippen LogP contribution >= 0.6 is 11.6 Å². The number of carbonyl (C=O) groups is 2. The third-order valence-corrected chi connectivity index (χ3v) is 8.33. The van der Waals surface area contributed by atoms with Crippen molar-refractivity contribution in [1.82, 2.24) is 10.3 Å². The molecule has 0 bridgehead atoms. The van der Waals surface area contributed by atoms with Crippen LogP contribution in [0.5, 0.6) is 0 Å². The highest BCUT2D eigenvalue weighted by molar-refractivity contribution is 6.30. The molecular formula is C35H29ClF9N3O4. The number of ether oxygens (including phenoxy) is 1. The lowest BCUT2D eigenvalue weighted by atomic mass is 9.76. The summed E-state index contributed by atoms with van der Waals surface area (Å²) in [7, 11) is 0. The van der Waals surface area contributed by atoms with Crippen molar-refractivity contribution in [1.29, 1.82) is 0 Å². The summed E-state index contributed by atoms with van der Waals surface area (Å²) >= 11 is 6.05. The molecule has 3 aromatic rings. The molecule has 0 radical (unpaired) electrons. The lowest BCUT2D eigenvalue weighted by Crippen LogP contribution is -2.50. The molecule has 278 valence electrons. The molecule has 1 unspecified atom stereocenters. The van der Waals surface area contributed by atoms with Gasteiger partial charge in [0.25, 0.3) is 11.8 Å². The van der Waals surface area contributed by atoms with Crippen LogP contribution in [0.3, 0.4) is 0 Å². The van der Waals surface area contributed by atoms with Gasteiger partial charge in [-0.3, -0.25) is 14.6 Å². The molecule has 1 aromatic heterocycles. The Balaban J connectivity index is 1.80. The minimum Gasteiger partial charge on any atom is -0.429 e. The van der Waals surface area contributed by atoms with E-state index in [1.54, 1.807) is 24.3 Å². The molecule has 0 fully saturated rings. The molecule has 2 amide bonds. The largest absolute Gasteiger partial charge is 0.461 e. The normalized spacial score (nSPS) is 16.1. The van der Waals surface area contributed by atoms with Gasteiger partial charge in [-0.1, -0.05) is 42.3 Å². The highest BCUT2D eigenvalue weighted by Gasteiger charge is 2.47. The number of amides is 2. The van der Waals surface area contributed by atoms with Crippen molar-refractivity contribution in [2.75, 3.05) is 0 Å². The summed E-state index contributed by atoms with van der Waals surface area (Å²) in [5, 5.41) is 4.99. The van der Waals surface area contributed by atoms with Crippen LogP contribution < -0.4 is 5.32 Å². The number of pyridine rings is 1. The Labute approximate surface area is 295 Å². The molecule has 17 heteroatoms. The second-order valence-corrected chi connectivity index (χ2v) is 12.3. The second-order valence-electron chi connectivity index (χ2n) is 11.9. The molecule has 1 aliphatic carbocycles. The van der Waals surface area contributed by atoms with E-state index in [0.29, 0.717) is 43.4 Å². The van der Waals surface area contributed by atoms with Gasteiger partial charge in [0.2, 0.25) is 0 Å². The molecule has 4 rings (SSSR count). The number of halogens is 10. The summed E-state index contributed by atoms with van der Waals surface area (Å²) in [4.78, 5) is 39.4. The third kappa shape index (κ3) is 10.2. The molecule has 1 heterocycles. The van der Waals surface area contributed by atoms with Gasteiger partial charge in [-0.2, -0.15) is 30.7 Å². The number of hydrogen-bond donors (Lipinski definition) is 1. The van der Waals surface area contributed by atoms with Crippen molar-refractivity contribution in [2.45, 2.75) is 75.4 Å². The van der Waals surface area contributed by atoms with Crippen LogP contribution in [-0.4, -0.2) is 35.5 Å². The van der Waals surface area contributed by atoms with Crippen LogP contribution in [-0.2, 0) is 34.1 Å². The van der Waals surface area contributed by atoms with Gasteiger partial charge < -0.3 is 10.1 Å². The summed E-state index contributed by atoms with van der Waals surface area (Å²) in [6.45, 7) is 0. The highest BCUT2D eigenvalue weighted by Crippen LogP contribution is 2.41. The van der Waals surface area contributed by atoms with Gasteiger partial charge in [-0.15, -0.1) is 4.91 Å². The zero-order valence-electron chi connectivity index (χ0n) is 26.8. The smallest absolute Gasteiger partial charge is 0.429 e. The van der Waals surface area contributed by atoms with Gasteiger partial charge in [0, 0.05) is 36.2 Å². The SMILES string of the molecule is O=NC(=O)CCCCCc1ccc(C[C@](NC(=O)c2ccc(F)c(C(F)(F)F)c2)(C2=CC(OC(F)(F)C(F)F)=CC(F)C2)c2ccc(Cl)cn2)cc1. The van der Waals surface area contributed by atoms with Gasteiger partial charge in [0.1, 0.15) is 23.3 Å². The fourth-order valence-electron chi connectivity index (χ4n) is 5.58. The number of alkyl halides is 8. The lowest BCUT2D eigenvalue weighted by Gasteiger charge is -2.39. The fraction of sp³-hybridized carbons (Fsp3) is 0.343. The van der Waals surface area contributed by atoms with Gasteiger partial charge in [-0.05, 0) is 78.4 Å². The minimum absolute atomic E-state index is 0.0156. The van der Waals surface area contributed by atoms with E-state index in [0.717, 1.165) is 23.9 Å². The number of allylic oxidation sites excluding steroid dienone is 2. The Morgan fingerprint density at radius 3 is 2.29 bits per heavy atom. The number of benzene rings is 2. The number of nitroso groups, excluding NO2 is 1. The number of aromatic nitrogens is 1. The van der Waals surface area contributed by atoms with E-state index in [2.05, 4.69) is 20.2 Å². The van der Waals surface area contributed by atoms with Crippen molar-refractivity contribution < 1.29 is 53.8 Å². The maximum absolute atomic E-state index is 15.3. The van der Waals surface area contributed by atoms with Crippen LogP contribution in [0.4, 0.5) is 39.5 Å². The molecule has 1 N–H and O–H groups in total. The fourth-order valence-corrected chi connectivity index (χ4v) is 5.69. The number of rotatable bonds is 15. The molecule has 0 aliphatic heterocycles. The summed E-state index contributed by atoms with van der Waals surface area (Å²) in [5.74, 6) is -4.68. The number of hydrogen-bond acceptors (Lipinski definition) is 5. The van der Waals surface area contributed by atoms with E-state index in [1.807, 2.05) is 0 Å². The van der Waals surface area contributed by atoms with Crippen molar-refractivity contribution in [3.8, 4) is 0 Å². The molecule has 7 nitrogen and oxygen atoms in total. The molecule has 2 atom stereocenters. The quantitative estimate of drug-likeness (QED) is 0.0946. The van der Waals surface area contributed by atoms with Crippen LogP contribution in [0.15, 0.2) is 89.5 Å². The van der Waals surface area contributed by atoms with Crippen LogP contribution in [0.1, 0.15) is 64.8 Å². The zero-order valence-corrected chi connectivity index (χ0v) is 27.6. The Kier molecular flexibility index (Phi) is 12.9. The predicted octanol–water partition coefficient (Wildman–Crippen LogP) is 9.58. The summed E-state index contributed by atoms with van der Waals surface area (Å²) in [6, 6.07) is 10.7. The number of carbonyl (C=O) groups excluding carboxylic acids is 2. The van der Waals surface area contributed by atoms with Gasteiger partial charge in [-0.25, -0.2) is 8.78 Å². The average molecular weight is 762 g/mol. The van der Waals surface area contributed by atoms with Crippen molar-refractivity contribution in [2.24, 2.45) is 5.18 Å². The number of nitrogens with zero attached hydrogens (tertiary/aromatic N) is 2. The van der Waals surface area contributed by atoms with Crippen molar-refractivity contribution in [3.05, 3.63) is 128 Å². The first-order valence-corrected chi connectivity index (χ1v) is 16.0. The van der Waals surface area contributed by atoms with Crippen LogP contribution in [0, 0.1) is 10.7 Å². The van der Waals surface area contributed by atoms with Gasteiger partial charge in [0.05, 0.1) is 16.3 Å². The van der Waals surface area contributed by atoms with Crippen LogP contribution in [0.25, 0.3) is 0 Å². The minimum atomic E-state index is -5.19. The number of nitrogens with one attached hydrogen (secondary N) is 1. The Morgan fingerprint density at radius 1 is 0.981 bits per heavy atom. The third-order valence-electron chi connectivity index (χ3n) is 8.11. The lowest BCUT2D eigenvalue weighted by molar-refractivity contribution is -0.280. The Bertz CT molecular complexity index is 1820. The van der Waals surface area contributed by atoms with Crippen molar-refractivity contribution >= 4 is 23.4 Å². The Hall–Kier alpha value is -4.73. The Morgan fingerprint density at radius 2 is 1.67 bits per heavy atom. The first-order chi connectivity index (χ1) is 24.4. The topological polar surface area (TPSA) is 97.7 Å². The van der Waals surface area contributed by atoms with Crippen molar-refractivity contribution in [3.63, 3.8) is 0 Å². The van der Waals surface area contributed by atoms with E-state index in [9.17, 15) is 49.6 Å². The molecule has 0 saturated heterocycles. The maximum atomic E-state index is 15.3.